The molecule has 5 nitrogen and oxygen atoms in total. The van der Waals surface area contributed by atoms with E-state index in [1.165, 1.54) is 5.56 Å². The Kier molecular flexibility index (Phi) is 3.10. The van der Waals surface area contributed by atoms with Crippen molar-refractivity contribution in [2.45, 2.75) is 13.5 Å². The molecule has 2 aromatic heterocycles. The highest BCUT2D eigenvalue weighted by molar-refractivity contribution is 5.75. The predicted octanol–water partition coefficient (Wildman–Crippen LogP) is 2.25. The van der Waals surface area contributed by atoms with E-state index in [0.29, 0.717) is 0 Å². The van der Waals surface area contributed by atoms with Gasteiger partial charge in [-0.2, -0.15) is 5.10 Å². The topological polar surface area (TPSA) is 55.6 Å². The zero-order valence-electron chi connectivity index (χ0n) is 10.7. The predicted molar refractivity (Wildman–Crippen MR) is 75.0 cm³/mol. The van der Waals surface area contributed by atoms with Gasteiger partial charge < -0.3 is 5.32 Å². The van der Waals surface area contributed by atoms with Crippen LogP contribution in [-0.4, -0.2) is 26.3 Å². The van der Waals surface area contributed by atoms with Crippen LogP contribution in [0.2, 0.25) is 0 Å². The smallest absolute Gasteiger partial charge is 0.145 e. The molecule has 2 heterocycles. The van der Waals surface area contributed by atoms with E-state index in [4.69, 9.17) is 0 Å². The lowest BCUT2D eigenvalue weighted by molar-refractivity contribution is 0.636. The van der Waals surface area contributed by atoms with Crippen LogP contribution in [0.1, 0.15) is 5.56 Å². The fourth-order valence-corrected chi connectivity index (χ4v) is 1.93. The van der Waals surface area contributed by atoms with E-state index in [1.807, 2.05) is 48.3 Å². The summed E-state index contributed by atoms with van der Waals surface area (Å²) in [5.74, 6) is 0.794. The average molecular weight is 253 g/mol. The van der Waals surface area contributed by atoms with Crippen molar-refractivity contribution in [3.8, 4) is 0 Å². The molecule has 1 aromatic carbocycles. The second-order valence-electron chi connectivity index (χ2n) is 4.45. The Labute approximate surface area is 111 Å². The molecule has 3 rings (SSSR count). The van der Waals surface area contributed by atoms with Crippen LogP contribution in [-0.2, 0) is 6.54 Å². The minimum absolute atomic E-state index is 0.772. The van der Waals surface area contributed by atoms with Gasteiger partial charge in [-0.15, -0.1) is 0 Å². The van der Waals surface area contributed by atoms with Gasteiger partial charge in [0.2, 0.25) is 0 Å². The summed E-state index contributed by atoms with van der Waals surface area (Å²) in [5, 5.41) is 7.50. The molecule has 0 radical (unpaired) electrons. The number of benzene rings is 1. The van der Waals surface area contributed by atoms with E-state index < -0.39 is 0 Å². The highest BCUT2D eigenvalue weighted by Gasteiger charge is 1.99. The molecule has 3 aromatic rings. The number of hydrogen-bond acceptors (Lipinski definition) is 4. The third-order valence-electron chi connectivity index (χ3n) is 2.86. The molecule has 0 aliphatic carbocycles. The molecule has 1 N–H and O–H groups in total. The number of aromatic nitrogens is 4. The van der Waals surface area contributed by atoms with E-state index in [9.17, 15) is 0 Å². The summed E-state index contributed by atoms with van der Waals surface area (Å²) in [7, 11) is 0. The van der Waals surface area contributed by atoms with Gasteiger partial charge in [-0.25, -0.2) is 4.98 Å². The Morgan fingerprint density at radius 2 is 2.00 bits per heavy atom. The Balaban J connectivity index is 1.65. The van der Waals surface area contributed by atoms with Crippen molar-refractivity contribution in [3.05, 3.63) is 48.4 Å². The van der Waals surface area contributed by atoms with Crippen molar-refractivity contribution >= 4 is 16.9 Å². The average Bonchev–Trinajstić information content (AvgIpc) is 2.84. The number of nitrogens with zero attached hydrogens (tertiary/aromatic N) is 4. The van der Waals surface area contributed by atoms with Gasteiger partial charge in [0.15, 0.2) is 0 Å². The normalized spacial score (nSPS) is 10.8. The summed E-state index contributed by atoms with van der Waals surface area (Å²) in [4.78, 5) is 8.87. The van der Waals surface area contributed by atoms with E-state index in [2.05, 4.69) is 20.4 Å². The lowest BCUT2D eigenvalue weighted by Gasteiger charge is -2.06. The first-order chi connectivity index (χ1) is 9.31. The van der Waals surface area contributed by atoms with Crippen LogP contribution >= 0.6 is 0 Å². The van der Waals surface area contributed by atoms with E-state index in [1.54, 1.807) is 6.20 Å². The second-order valence-corrected chi connectivity index (χ2v) is 4.45. The van der Waals surface area contributed by atoms with Gasteiger partial charge in [-0.3, -0.25) is 9.67 Å². The highest BCUT2D eigenvalue weighted by atomic mass is 15.3. The monoisotopic (exact) mass is 253 g/mol. The van der Waals surface area contributed by atoms with E-state index in [0.717, 1.165) is 29.9 Å². The molecule has 0 atom stereocenters. The number of nitrogens with one attached hydrogen (secondary N) is 1. The van der Waals surface area contributed by atoms with Gasteiger partial charge in [0.1, 0.15) is 5.82 Å². The van der Waals surface area contributed by atoms with E-state index >= 15 is 0 Å². The summed E-state index contributed by atoms with van der Waals surface area (Å²) in [6, 6.07) is 7.85. The summed E-state index contributed by atoms with van der Waals surface area (Å²) >= 11 is 0. The third kappa shape index (κ3) is 2.70. The maximum Gasteiger partial charge on any atom is 0.145 e. The molecular weight excluding hydrogens is 238 g/mol. The molecule has 0 aliphatic heterocycles. The van der Waals surface area contributed by atoms with Crippen molar-refractivity contribution in [2.75, 3.05) is 11.9 Å². The first-order valence-electron chi connectivity index (χ1n) is 6.26. The van der Waals surface area contributed by atoms with Crippen LogP contribution in [0.3, 0.4) is 0 Å². The Morgan fingerprint density at radius 1 is 1.16 bits per heavy atom. The molecule has 0 unspecified atom stereocenters. The van der Waals surface area contributed by atoms with Gasteiger partial charge in [0, 0.05) is 12.7 Å². The first kappa shape index (κ1) is 11.6. The van der Waals surface area contributed by atoms with Crippen molar-refractivity contribution in [1.29, 1.82) is 0 Å². The molecule has 0 bridgehead atoms. The van der Waals surface area contributed by atoms with Crippen molar-refractivity contribution in [1.82, 2.24) is 19.7 Å². The van der Waals surface area contributed by atoms with Crippen molar-refractivity contribution < 1.29 is 0 Å². The van der Waals surface area contributed by atoms with Crippen LogP contribution < -0.4 is 5.32 Å². The molecular formula is C14H15N5. The van der Waals surface area contributed by atoms with Gasteiger partial charge in [-0.1, -0.05) is 12.1 Å². The number of hydrogen-bond donors (Lipinski definition) is 1. The van der Waals surface area contributed by atoms with Crippen LogP contribution in [0.15, 0.2) is 42.9 Å². The van der Waals surface area contributed by atoms with E-state index in [-0.39, 0.29) is 0 Å². The molecule has 5 heteroatoms. The number of aryl methyl sites for hydroxylation is 1. The van der Waals surface area contributed by atoms with Crippen LogP contribution in [0.25, 0.3) is 11.0 Å². The minimum atomic E-state index is 0.772. The number of anilines is 1. The second kappa shape index (κ2) is 5.06. The molecule has 0 spiro atoms. The van der Waals surface area contributed by atoms with Crippen molar-refractivity contribution in [3.63, 3.8) is 0 Å². The summed E-state index contributed by atoms with van der Waals surface area (Å²) in [6.45, 7) is 3.61. The van der Waals surface area contributed by atoms with Gasteiger partial charge in [0.05, 0.1) is 30.0 Å². The number of para-hydroxylation sites is 2. The molecule has 0 aliphatic rings. The number of rotatable bonds is 4. The quantitative estimate of drug-likeness (QED) is 0.774. The van der Waals surface area contributed by atoms with Gasteiger partial charge in [-0.05, 0) is 24.6 Å². The zero-order valence-corrected chi connectivity index (χ0v) is 10.7. The van der Waals surface area contributed by atoms with Crippen LogP contribution in [0, 0.1) is 6.92 Å². The van der Waals surface area contributed by atoms with Crippen LogP contribution in [0.5, 0.6) is 0 Å². The minimum Gasteiger partial charge on any atom is -0.367 e. The lowest BCUT2D eigenvalue weighted by Crippen LogP contribution is -2.11. The van der Waals surface area contributed by atoms with Crippen molar-refractivity contribution in [2.24, 2.45) is 0 Å². The Hall–Kier alpha value is -2.43. The maximum absolute atomic E-state index is 4.51. The SMILES string of the molecule is Cc1cnn(CCNc2cnc3ccccc3n2)c1. The molecule has 0 saturated heterocycles. The molecule has 0 saturated carbocycles. The van der Waals surface area contributed by atoms with Gasteiger partial charge >= 0.3 is 0 Å². The summed E-state index contributed by atoms with van der Waals surface area (Å²) in [5.41, 5.74) is 2.99. The maximum atomic E-state index is 4.51. The Morgan fingerprint density at radius 3 is 2.79 bits per heavy atom. The fraction of sp³-hybridized carbons (Fsp3) is 0.214. The lowest BCUT2D eigenvalue weighted by atomic mass is 10.3. The number of fused-ring (bicyclic) bond motifs is 1. The summed E-state index contributed by atoms with van der Waals surface area (Å²) in [6.07, 6.45) is 5.64. The fourth-order valence-electron chi connectivity index (χ4n) is 1.93. The molecule has 19 heavy (non-hydrogen) atoms. The summed E-state index contributed by atoms with van der Waals surface area (Å²) < 4.78 is 1.91. The standard InChI is InChI=1S/C14H15N5/c1-11-8-17-19(10-11)7-6-15-14-9-16-12-4-2-3-5-13(12)18-14/h2-5,8-10H,6-7H2,1H3,(H,15,18). The molecule has 96 valence electrons. The molecule has 0 amide bonds. The Bertz CT molecular complexity index is 689. The van der Waals surface area contributed by atoms with Gasteiger partial charge in [0.25, 0.3) is 0 Å². The van der Waals surface area contributed by atoms with Crippen LogP contribution in [0.4, 0.5) is 5.82 Å². The highest BCUT2D eigenvalue weighted by Crippen LogP contribution is 2.10. The first-order valence-corrected chi connectivity index (χ1v) is 6.26. The third-order valence-corrected chi connectivity index (χ3v) is 2.86. The zero-order chi connectivity index (χ0) is 13.1. The largest absolute Gasteiger partial charge is 0.367 e. The molecule has 0 fully saturated rings.